The predicted octanol–water partition coefficient (Wildman–Crippen LogP) is 2.25. The van der Waals surface area contributed by atoms with Gasteiger partial charge in [-0.1, -0.05) is 33.8 Å². The second kappa shape index (κ2) is 7.46. The summed E-state index contributed by atoms with van der Waals surface area (Å²) in [5, 5.41) is 5.73. The molecule has 0 saturated heterocycles. The molecule has 0 aromatic rings. The van der Waals surface area contributed by atoms with E-state index in [0.29, 0.717) is 17.8 Å². The number of amides is 2. The fourth-order valence-electron chi connectivity index (χ4n) is 3.01. The molecule has 20 heavy (non-hydrogen) atoms. The Hall–Kier alpha value is -1.32. The standard InChI is InChI=1S/C16H28N2O2/c1-6-15(19)17-12(5)16(20)18-14-9-11(4)7-8-13(14)10(2)3/h6,10-14H,1,7-9H2,2-5H3,(H,17,19)(H,18,20)/t11?,12-,13?,14?/m0/s1. The summed E-state index contributed by atoms with van der Waals surface area (Å²) >= 11 is 0. The molecule has 0 radical (unpaired) electrons. The van der Waals surface area contributed by atoms with E-state index >= 15 is 0 Å². The summed E-state index contributed by atoms with van der Waals surface area (Å²) in [6.07, 6.45) is 4.61. The zero-order valence-electron chi connectivity index (χ0n) is 13.1. The second-order valence-corrected chi connectivity index (χ2v) is 6.38. The molecule has 1 saturated carbocycles. The molecule has 0 aromatic heterocycles. The number of rotatable bonds is 5. The Kier molecular flexibility index (Phi) is 6.24. The van der Waals surface area contributed by atoms with Crippen LogP contribution in [0.3, 0.4) is 0 Å². The lowest BCUT2D eigenvalue weighted by molar-refractivity contribution is -0.127. The van der Waals surface area contributed by atoms with E-state index < -0.39 is 6.04 Å². The van der Waals surface area contributed by atoms with E-state index in [4.69, 9.17) is 0 Å². The molecular formula is C16H28N2O2. The zero-order valence-corrected chi connectivity index (χ0v) is 13.1. The second-order valence-electron chi connectivity index (χ2n) is 6.38. The molecule has 4 atom stereocenters. The highest BCUT2D eigenvalue weighted by molar-refractivity contribution is 5.92. The Morgan fingerprint density at radius 3 is 2.45 bits per heavy atom. The molecule has 1 rings (SSSR count). The van der Waals surface area contributed by atoms with Crippen LogP contribution in [0.1, 0.15) is 47.0 Å². The molecule has 4 nitrogen and oxygen atoms in total. The van der Waals surface area contributed by atoms with Crippen molar-refractivity contribution in [3.05, 3.63) is 12.7 Å². The molecule has 2 N–H and O–H groups in total. The average Bonchev–Trinajstić information content (AvgIpc) is 2.38. The molecule has 1 fully saturated rings. The van der Waals surface area contributed by atoms with Crippen LogP contribution in [0.15, 0.2) is 12.7 Å². The van der Waals surface area contributed by atoms with E-state index in [-0.39, 0.29) is 17.9 Å². The molecule has 114 valence electrons. The van der Waals surface area contributed by atoms with Crippen LogP contribution in [0.4, 0.5) is 0 Å². The minimum Gasteiger partial charge on any atom is -0.351 e. The molecule has 0 aliphatic heterocycles. The Balaban J connectivity index is 2.61. The summed E-state index contributed by atoms with van der Waals surface area (Å²) in [4.78, 5) is 23.4. The van der Waals surface area contributed by atoms with Crippen molar-refractivity contribution in [2.45, 2.75) is 59.0 Å². The molecule has 2 amide bonds. The summed E-state index contributed by atoms with van der Waals surface area (Å²) in [5.74, 6) is 1.31. The van der Waals surface area contributed by atoms with Gasteiger partial charge in [-0.3, -0.25) is 9.59 Å². The van der Waals surface area contributed by atoms with Crippen LogP contribution in [0.5, 0.6) is 0 Å². The molecule has 4 heteroatoms. The molecule has 0 spiro atoms. The molecule has 1 aliphatic rings. The third kappa shape index (κ3) is 4.66. The Morgan fingerprint density at radius 1 is 1.25 bits per heavy atom. The Bertz CT molecular complexity index is 365. The van der Waals surface area contributed by atoms with Crippen molar-refractivity contribution in [2.24, 2.45) is 17.8 Å². The smallest absolute Gasteiger partial charge is 0.244 e. The summed E-state index contributed by atoms with van der Waals surface area (Å²) in [5.41, 5.74) is 0. The number of hydrogen-bond acceptors (Lipinski definition) is 2. The molecular weight excluding hydrogens is 252 g/mol. The van der Waals surface area contributed by atoms with Crippen molar-refractivity contribution in [2.75, 3.05) is 0 Å². The first-order valence-corrected chi connectivity index (χ1v) is 7.58. The summed E-state index contributed by atoms with van der Waals surface area (Å²) in [6.45, 7) is 11.7. The minimum absolute atomic E-state index is 0.107. The normalized spacial score (nSPS) is 27.8. The fraction of sp³-hybridized carbons (Fsp3) is 0.750. The van der Waals surface area contributed by atoms with E-state index in [1.807, 2.05) is 0 Å². The number of carbonyl (C=O) groups excluding carboxylic acids is 2. The minimum atomic E-state index is -0.523. The van der Waals surface area contributed by atoms with E-state index in [1.165, 1.54) is 12.5 Å². The summed E-state index contributed by atoms with van der Waals surface area (Å²) in [6, 6.07) is -0.306. The van der Waals surface area contributed by atoms with Gasteiger partial charge >= 0.3 is 0 Å². The van der Waals surface area contributed by atoms with Crippen molar-refractivity contribution in [1.82, 2.24) is 10.6 Å². The SMILES string of the molecule is C=CC(=O)N[C@@H](C)C(=O)NC1CC(C)CCC1C(C)C. The van der Waals surface area contributed by atoms with Gasteiger partial charge in [0, 0.05) is 6.04 Å². The largest absolute Gasteiger partial charge is 0.351 e. The number of nitrogens with one attached hydrogen (secondary N) is 2. The van der Waals surface area contributed by atoms with Crippen LogP contribution >= 0.6 is 0 Å². The molecule has 0 aromatic carbocycles. The maximum Gasteiger partial charge on any atom is 0.244 e. The van der Waals surface area contributed by atoms with E-state index in [0.717, 1.165) is 12.8 Å². The van der Waals surface area contributed by atoms with Gasteiger partial charge in [-0.25, -0.2) is 0 Å². The van der Waals surface area contributed by atoms with Gasteiger partial charge in [0.2, 0.25) is 11.8 Å². The Morgan fingerprint density at radius 2 is 1.90 bits per heavy atom. The van der Waals surface area contributed by atoms with Crippen LogP contribution in [0.2, 0.25) is 0 Å². The van der Waals surface area contributed by atoms with Gasteiger partial charge in [0.15, 0.2) is 0 Å². The third-order valence-corrected chi connectivity index (χ3v) is 4.29. The highest BCUT2D eigenvalue weighted by Gasteiger charge is 2.32. The molecule has 0 heterocycles. The van der Waals surface area contributed by atoms with Gasteiger partial charge < -0.3 is 10.6 Å². The van der Waals surface area contributed by atoms with Crippen molar-refractivity contribution in [1.29, 1.82) is 0 Å². The van der Waals surface area contributed by atoms with E-state index in [9.17, 15) is 9.59 Å². The van der Waals surface area contributed by atoms with Crippen molar-refractivity contribution < 1.29 is 9.59 Å². The van der Waals surface area contributed by atoms with Crippen molar-refractivity contribution in [3.63, 3.8) is 0 Å². The van der Waals surface area contributed by atoms with E-state index in [1.54, 1.807) is 6.92 Å². The van der Waals surface area contributed by atoms with Crippen LogP contribution in [-0.4, -0.2) is 23.9 Å². The van der Waals surface area contributed by atoms with Gasteiger partial charge in [0.1, 0.15) is 6.04 Å². The fourth-order valence-corrected chi connectivity index (χ4v) is 3.01. The van der Waals surface area contributed by atoms with Crippen LogP contribution in [0, 0.1) is 17.8 Å². The topological polar surface area (TPSA) is 58.2 Å². The highest BCUT2D eigenvalue weighted by atomic mass is 16.2. The van der Waals surface area contributed by atoms with Crippen LogP contribution in [-0.2, 0) is 9.59 Å². The van der Waals surface area contributed by atoms with Crippen LogP contribution in [0.25, 0.3) is 0 Å². The molecule has 3 unspecified atom stereocenters. The lowest BCUT2D eigenvalue weighted by Crippen LogP contribution is -2.52. The maximum absolute atomic E-state index is 12.2. The van der Waals surface area contributed by atoms with Crippen LogP contribution < -0.4 is 10.6 Å². The van der Waals surface area contributed by atoms with Gasteiger partial charge in [-0.2, -0.15) is 0 Å². The number of carbonyl (C=O) groups is 2. The van der Waals surface area contributed by atoms with E-state index in [2.05, 4.69) is 38.0 Å². The van der Waals surface area contributed by atoms with Gasteiger partial charge in [0.05, 0.1) is 0 Å². The van der Waals surface area contributed by atoms with Gasteiger partial charge in [-0.05, 0) is 43.6 Å². The first-order chi connectivity index (χ1) is 9.35. The van der Waals surface area contributed by atoms with Crippen molar-refractivity contribution in [3.8, 4) is 0 Å². The molecule has 0 bridgehead atoms. The van der Waals surface area contributed by atoms with Crippen molar-refractivity contribution >= 4 is 11.8 Å². The first-order valence-electron chi connectivity index (χ1n) is 7.58. The lowest BCUT2D eigenvalue weighted by atomic mass is 9.74. The zero-order chi connectivity index (χ0) is 15.3. The van der Waals surface area contributed by atoms with Gasteiger partial charge in [-0.15, -0.1) is 0 Å². The highest BCUT2D eigenvalue weighted by Crippen LogP contribution is 2.33. The first kappa shape index (κ1) is 16.7. The monoisotopic (exact) mass is 280 g/mol. The Labute approximate surface area is 122 Å². The summed E-state index contributed by atoms with van der Waals surface area (Å²) in [7, 11) is 0. The lowest BCUT2D eigenvalue weighted by Gasteiger charge is -2.38. The average molecular weight is 280 g/mol. The summed E-state index contributed by atoms with van der Waals surface area (Å²) < 4.78 is 0. The maximum atomic E-state index is 12.2. The predicted molar refractivity (Wildman–Crippen MR) is 81.1 cm³/mol. The number of hydrogen-bond donors (Lipinski definition) is 2. The molecule has 1 aliphatic carbocycles. The quantitative estimate of drug-likeness (QED) is 0.759. The third-order valence-electron chi connectivity index (χ3n) is 4.29. The van der Waals surface area contributed by atoms with Gasteiger partial charge in [0.25, 0.3) is 0 Å².